The molecule has 0 aromatic carbocycles. The number of aliphatic carboxylic acids is 2. The van der Waals surface area contributed by atoms with Crippen molar-refractivity contribution in [1.82, 2.24) is 16.0 Å². The third-order valence-electron chi connectivity index (χ3n) is 3.31. The van der Waals surface area contributed by atoms with Gasteiger partial charge in [0.1, 0.15) is 18.1 Å². The van der Waals surface area contributed by atoms with Crippen LogP contribution >= 0.6 is 0 Å². The lowest BCUT2D eigenvalue weighted by Gasteiger charge is -2.23. The number of carbonyl (C=O) groups is 5. The van der Waals surface area contributed by atoms with E-state index in [0.717, 1.165) is 0 Å². The first-order valence-corrected chi connectivity index (χ1v) is 7.86. The average Bonchev–Trinajstić information content (AvgIpc) is 2.59. The van der Waals surface area contributed by atoms with E-state index in [1.807, 2.05) is 5.32 Å². The van der Waals surface area contributed by atoms with Crippen molar-refractivity contribution in [2.24, 2.45) is 5.73 Å². The van der Waals surface area contributed by atoms with Gasteiger partial charge in [-0.2, -0.15) is 0 Å². The lowest BCUT2D eigenvalue weighted by Crippen LogP contribution is -2.58. The number of aliphatic hydroxyl groups is 2. The number of carbonyl (C=O) groups excluding carboxylic acids is 3. The van der Waals surface area contributed by atoms with E-state index in [0.29, 0.717) is 0 Å². The zero-order chi connectivity index (χ0) is 21.1. The summed E-state index contributed by atoms with van der Waals surface area (Å²) in [6.07, 6.45) is -0.935. The fraction of sp³-hybridized carbons (Fsp3) is 0.643. The van der Waals surface area contributed by atoms with Crippen LogP contribution in [0.15, 0.2) is 0 Å². The standard InChI is InChI=1S/C14H24N4O9/c1-6(15)11(23)17-8(4-19)13(25)16-7(2-3-10(21)22)12(24)18-9(5-20)14(26)27/h6-9,19-20H,2-5,15H2,1H3,(H,16,25)(H,17,23)(H,18,24)(H,21,22)(H,26,27)/t6-,7-,8-,9-/m0/s1. The van der Waals surface area contributed by atoms with Crippen molar-refractivity contribution in [3.8, 4) is 0 Å². The van der Waals surface area contributed by atoms with Crippen LogP contribution in [0.3, 0.4) is 0 Å². The van der Waals surface area contributed by atoms with E-state index in [2.05, 4.69) is 10.6 Å². The van der Waals surface area contributed by atoms with Gasteiger partial charge in [0.05, 0.1) is 19.3 Å². The first kappa shape index (κ1) is 24.2. The van der Waals surface area contributed by atoms with Gasteiger partial charge < -0.3 is 42.1 Å². The van der Waals surface area contributed by atoms with E-state index in [9.17, 15) is 29.1 Å². The Morgan fingerprint density at radius 1 is 0.815 bits per heavy atom. The highest BCUT2D eigenvalue weighted by Gasteiger charge is 2.29. The molecule has 0 aliphatic carbocycles. The summed E-state index contributed by atoms with van der Waals surface area (Å²) < 4.78 is 0. The molecule has 0 aromatic heterocycles. The van der Waals surface area contributed by atoms with E-state index >= 15 is 0 Å². The quantitative estimate of drug-likeness (QED) is 0.159. The molecule has 0 bridgehead atoms. The van der Waals surface area contributed by atoms with Gasteiger partial charge in [-0.15, -0.1) is 0 Å². The second-order valence-corrected chi connectivity index (χ2v) is 5.61. The summed E-state index contributed by atoms with van der Waals surface area (Å²) in [7, 11) is 0. The molecule has 0 aliphatic heterocycles. The highest BCUT2D eigenvalue weighted by atomic mass is 16.4. The zero-order valence-electron chi connectivity index (χ0n) is 14.5. The van der Waals surface area contributed by atoms with Crippen molar-refractivity contribution >= 4 is 29.7 Å². The minimum atomic E-state index is -1.66. The van der Waals surface area contributed by atoms with Crippen molar-refractivity contribution in [3.63, 3.8) is 0 Å². The van der Waals surface area contributed by atoms with Crippen molar-refractivity contribution in [2.45, 2.75) is 43.9 Å². The number of nitrogens with one attached hydrogen (secondary N) is 3. The number of amides is 3. The van der Waals surface area contributed by atoms with E-state index in [4.69, 9.17) is 21.1 Å². The number of carboxylic acid groups (broad SMARTS) is 2. The van der Waals surface area contributed by atoms with Gasteiger partial charge in [-0.3, -0.25) is 19.2 Å². The molecule has 0 rings (SSSR count). The normalized spacial score (nSPS) is 15.0. The number of aliphatic hydroxyl groups excluding tert-OH is 2. The molecule has 0 fully saturated rings. The van der Waals surface area contributed by atoms with E-state index in [-0.39, 0.29) is 0 Å². The summed E-state index contributed by atoms with van der Waals surface area (Å²) in [5.74, 6) is -5.62. The summed E-state index contributed by atoms with van der Waals surface area (Å²) in [5.41, 5.74) is 5.33. The van der Waals surface area contributed by atoms with Gasteiger partial charge in [-0.05, 0) is 13.3 Å². The van der Waals surface area contributed by atoms with Crippen LogP contribution in [0.2, 0.25) is 0 Å². The third kappa shape index (κ3) is 8.94. The lowest BCUT2D eigenvalue weighted by atomic mass is 10.1. The highest BCUT2D eigenvalue weighted by molar-refractivity contribution is 5.94. The lowest BCUT2D eigenvalue weighted by molar-refractivity contribution is -0.144. The van der Waals surface area contributed by atoms with Crippen LogP contribution in [0.25, 0.3) is 0 Å². The molecule has 0 spiro atoms. The molecular formula is C14H24N4O9. The Bertz CT molecular complexity index is 567. The van der Waals surface area contributed by atoms with Crippen LogP contribution in [-0.4, -0.2) is 87.5 Å². The van der Waals surface area contributed by atoms with Crippen LogP contribution in [0.1, 0.15) is 19.8 Å². The fourth-order valence-corrected chi connectivity index (χ4v) is 1.76. The van der Waals surface area contributed by atoms with Crippen LogP contribution in [-0.2, 0) is 24.0 Å². The van der Waals surface area contributed by atoms with Gasteiger partial charge in [0.2, 0.25) is 17.7 Å². The minimum absolute atomic E-state index is 0.399. The number of hydrogen-bond donors (Lipinski definition) is 8. The molecule has 0 saturated carbocycles. The first-order valence-electron chi connectivity index (χ1n) is 7.86. The van der Waals surface area contributed by atoms with E-state index < -0.39 is 79.9 Å². The molecule has 0 saturated heterocycles. The fourth-order valence-electron chi connectivity index (χ4n) is 1.76. The van der Waals surface area contributed by atoms with Crippen molar-refractivity contribution in [2.75, 3.05) is 13.2 Å². The SMILES string of the molecule is C[C@H](N)C(=O)N[C@@H](CO)C(=O)N[C@@H](CCC(=O)O)C(=O)N[C@@H](CO)C(=O)O. The average molecular weight is 392 g/mol. The molecule has 154 valence electrons. The molecule has 27 heavy (non-hydrogen) atoms. The number of carboxylic acids is 2. The maximum atomic E-state index is 12.2. The van der Waals surface area contributed by atoms with Crippen molar-refractivity contribution < 1.29 is 44.4 Å². The largest absolute Gasteiger partial charge is 0.481 e. The summed E-state index contributed by atoms with van der Waals surface area (Å²) >= 11 is 0. The van der Waals surface area contributed by atoms with Gasteiger partial charge in [-0.25, -0.2) is 4.79 Å². The Morgan fingerprint density at radius 3 is 1.67 bits per heavy atom. The number of nitrogens with two attached hydrogens (primary N) is 1. The summed E-state index contributed by atoms with van der Waals surface area (Å²) in [6.45, 7) is -0.415. The van der Waals surface area contributed by atoms with Crippen molar-refractivity contribution in [1.29, 1.82) is 0 Å². The molecule has 4 atom stereocenters. The predicted molar refractivity (Wildman–Crippen MR) is 88.1 cm³/mol. The monoisotopic (exact) mass is 392 g/mol. The Morgan fingerprint density at radius 2 is 1.26 bits per heavy atom. The van der Waals surface area contributed by atoms with Gasteiger partial charge >= 0.3 is 11.9 Å². The molecule has 0 heterocycles. The molecule has 0 radical (unpaired) electrons. The Labute approximate surface area is 153 Å². The molecule has 13 nitrogen and oxygen atoms in total. The summed E-state index contributed by atoms with van der Waals surface area (Å²) in [5, 5.41) is 42.0. The zero-order valence-corrected chi connectivity index (χ0v) is 14.5. The molecule has 9 N–H and O–H groups in total. The highest BCUT2D eigenvalue weighted by Crippen LogP contribution is 2.01. The first-order chi connectivity index (χ1) is 12.5. The molecule has 0 aliphatic rings. The van der Waals surface area contributed by atoms with Gasteiger partial charge in [0.15, 0.2) is 0 Å². The molecule has 0 aromatic rings. The summed E-state index contributed by atoms with van der Waals surface area (Å²) in [6, 6.07) is -5.58. The van der Waals surface area contributed by atoms with Gasteiger partial charge in [0, 0.05) is 6.42 Å². The van der Waals surface area contributed by atoms with Gasteiger partial charge in [0.25, 0.3) is 0 Å². The van der Waals surface area contributed by atoms with Crippen LogP contribution < -0.4 is 21.7 Å². The van der Waals surface area contributed by atoms with Crippen LogP contribution in [0, 0.1) is 0 Å². The van der Waals surface area contributed by atoms with Crippen LogP contribution in [0.4, 0.5) is 0 Å². The maximum absolute atomic E-state index is 12.2. The second kappa shape index (κ2) is 11.8. The molecular weight excluding hydrogens is 368 g/mol. The molecule has 3 amide bonds. The van der Waals surface area contributed by atoms with Crippen molar-refractivity contribution in [3.05, 3.63) is 0 Å². The Balaban J connectivity index is 5.18. The predicted octanol–water partition coefficient (Wildman–Crippen LogP) is -4.28. The molecule has 0 unspecified atom stereocenters. The van der Waals surface area contributed by atoms with E-state index in [1.54, 1.807) is 0 Å². The molecule has 13 heteroatoms. The summed E-state index contributed by atoms with van der Waals surface area (Å²) in [4.78, 5) is 57.4. The maximum Gasteiger partial charge on any atom is 0.328 e. The smallest absolute Gasteiger partial charge is 0.328 e. The topological polar surface area (TPSA) is 228 Å². The van der Waals surface area contributed by atoms with Gasteiger partial charge in [-0.1, -0.05) is 0 Å². The van der Waals surface area contributed by atoms with E-state index in [1.165, 1.54) is 6.92 Å². The van der Waals surface area contributed by atoms with Crippen LogP contribution in [0.5, 0.6) is 0 Å². The second-order valence-electron chi connectivity index (χ2n) is 5.61. The number of hydrogen-bond acceptors (Lipinski definition) is 8. The minimum Gasteiger partial charge on any atom is -0.481 e. The third-order valence-corrected chi connectivity index (χ3v) is 3.31. The Hall–Kier alpha value is -2.77. The number of rotatable bonds is 12. The Kier molecular flexibility index (Phi) is 10.6.